The third kappa shape index (κ3) is 2.38. The van der Waals surface area contributed by atoms with Gasteiger partial charge in [0.05, 0.1) is 11.8 Å². The van der Waals surface area contributed by atoms with Gasteiger partial charge in [0.2, 0.25) is 17.7 Å². The third-order valence-corrected chi connectivity index (χ3v) is 6.10. The standard InChI is InChI=1S/C20H25N3O4/c1-11(2)16-14-15(18(25)23(17(14)24)9-6-10-27-3)20(22-16)12-7-4-5-8-13(12)21-19(20)26/h4-5,7-8,11,14-16,22H,6,9-10H2,1-3H3,(H,21,26)/t14-,15-,16+,20+/m0/s1. The molecule has 0 unspecified atom stereocenters. The maximum Gasteiger partial charge on any atom is 0.250 e. The lowest BCUT2D eigenvalue weighted by Crippen LogP contribution is -2.54. The van der Waals surface area contributed by atoms with Gasteiger partial charge in [-0.25, -0.2) is 0 Å². The van der Waals surface area contributed by atoms with E-state index in [4.69, 9.17) is 4.74 Å². The number of nitrogens with zero attached hydrogens (tertiary/aromatic N) is 1. The highest BCUT2D eigenvalue weighted by Gasteiger charge is 2.70. The molecular formula is C20H25N3O4. The van der Waals surface area contributed by atoms with Gasteiger partial charge in [-0.05, 0) is 18.4 Å². The van der Waals surface area contributed by atoms with Gasteiger partial charge >= 0.3 is 0 Å². The average Bonchev–Trinajstić information content (AvgIpc) is 3.22. The van der Waals surface area contributed by atoms with Crippen molar-refractivity contribution >= 4 is 23.4 Å². The molecule has 0 aliphatic carbocycles. The van der Waals surface area contributed by atoms with Crippen LogP contribution < -0.4 is 10.6 Å². The Bertz CT molecular complexity index is 808. The number of fused-ring (bicyclic) bond motifs is 4. The third-order valence-electron chi connectivity index (χ3n) is 6.10. The molecule has 3 aliphatic rings. The molecule has 7 nitrogen and oxygen atoms in total. The molecule has 1 spiro atoms. The van der Waals surface area contributed by atoms with Crippen molar-refractivity contribution in [2.45, 2.75) is 31.8 Å². The summed E-state index contributed by atoms with van der Waals surface area (Å²) in [6.45, 7) is 4.82. The van der Waals surface area contributed by atoms with Gasteiger partial charge in [0.25, 0.3) is 0 Å². The number of hydrogen-bond acceptors (Lipinski definition) is 5. The monoisotopic (exact) mass is 371 g/mol. The number of nitrogens with one attached hydrogen (secondary N) is 2. The van der Waals surface area contributed by atoms with Crippen LogP contribution in [0.25, 0.3) is 0 Å². The fourth-order valence-corrected chi connectivity index (χ4v) is 4.91. The summed E-state index contributed by atoms with van der Waals surface area (Å²) in [6, 6.07) is 7.17. The SMILES string of the molecule is COCCCN1C(=O)[C@@H]2[C@@H](C(C)C)N[C@@]3(C(=O)Nc4ccccc43)[C@@H]2C1=O. The van der Waals surface area contributed by atoms with Crippen LogP contribution in [0.2, 0.25) is 0 Å². The number of ether oxygens (including phenoxy) is 1. The van der Waals surface area contributed by atoms with Crippen LogP contribution in [0.5, 0.6) is 0 Å². The Morgan fingerprint density at radius 1 is 1.19 bits per heavy atom. The molecule has 0 radical (unpaired) electrons. The first kappa shape index (κ1) is 18.1. The van der Waals surface area contributed by atoms with E-state index in [0.717, 1.165) is 5.56 Å². The zero-order valence-corrected chi connectivity index (χ0v) is 15.8. The number of carbonyl (C=O) groups is 3. The molecule has 3 aliphatic heterocycles. The number of likely N-dealkylation sites (tertiary alicyclic amines) is 1. The number of amides is 3. The smallest absolute Gasteiger partial charge is 0.250 e. The van der Waals surface area contributed by atoms with Gasteiger partial charge in [-0.15, -0.1) is 0 Å². The predicted molar refractivity (Wildman–Crippen MR) is 98.7 cm³/mol. The second-order valence-corrected chi connectivity index (χ2v) is 7.90. The Labute approximate surface area is 158 Å². The molecule has 3 amide bonds. The molecular weight excluding hydrogens is 346 g/mol. The zero-order chi connectivity index (χ0) is 19.3. The van der Waals surface area contributed by atoms with Crippen LogP contribution in [-0.4, -0.2) is 48.9 Å². The fraction of sp³-hybridized carbons (Fsp3) is 0.550. The molecule has 1 aromatic carbocycles. The Morgan fingerprint density at radius 3 is 2.63 bits per heavy atom. The number of rotatable bonds is 5. The van der Waals surface area contributed by atoms with Crippen LogP contribution in [0.1, 0.15) is 25.8 Å². The molecule has 144 valence electrons. The average molecular weight is 371 g/mol. The first-order chi connectivity index (χ1) is 12.9. The van der Waals surface area contributed by atoms with Crippen LogP contribution in [-0.2, 0) is 24.7 Å². The summed E-state index contributed by atoms with van der Waals surface area (Å²) in [5.74, 6) is -1.83. The van der Waals surface area contributed by atoms with Crippen molar-refractivity contribution in [1.29, 1.82) is 0 Å². The molecule has 0 saturated carbocycles. The van der Waals surface area contributed by atoms with Gasteiger partial charge in [0, 0.05) is 37.6 Å². The van der Waals surface area contributed by atoms with Crippen molar-refractivity contribution in [1.82, 2.24) is 10.2 Å². The van der Waals surface area contributed by atoms with Crippen LogP contribution in [0.15, 0.2) is 24.3 Å². The Kier molecular flexibility index (Phi) is 4.31. The lowest BCUT2D eigenvalue weighted by Gasteiger charge is -2.30. The quantitative estimate of drug-likeness (QED) is 0.598. The normalized spacial score (nSPS) is 31.8. The molecule has 2 fully saturated rings. The topological polar surface area (TPSA) is 87.7 Å². The second kappa shape index (κ2) is 6.42. The van der Waals surface area contributed by atoms with E-state index < -0.39 is 17.4 Å². The molecule has 3 heterocycles. The second-order valence-electron chi connectivity index (χ2n) is 7.90. The van der Waals surface area contributed by atoms with E-state index in [2.05, 4.69) is 10.6 Å². The maximum absolute atomic E-state index is 13.3. The van der Waals surface area contributed by atoms with Crippen molar-refractivity contribution in [2.75, 3.05) is 25.6 Å². The van der Waals surface area contributed by atoms with Gasteiger partial charge < -0.3 is 10.1 Å². The first-order valence-electron chi connectivity index (χ1n) is 9.46. The van der Waals surface area contributed by atoms with Crippen molar-refractivity contribution in [3.05, 3.63) is 29.8 Å². The van der Waals surface area contributed by atoms with Gasteiger partial charge in [-0.1, -0.05) is 32.0 Å². The highest BCUT2D eigenvalue weighted by molar-refractivity contribution is 6.15. The minimum Gasteiger partial charge on any atom is -0.385 e. The van der Waals surface area contributed by atoms with Crippen molar-refractivity contribution in [2.24, 2.45) is 17.8 Å². The highest BCUT2D eigenvalue weighted by atomic mass is 16.5. The van der Waals surface area contributed by atoms with E-state index in [1.54, 1.807) is 7.11 Å². The molecule has 1 aromatic rings. The molecule has 2 saturated heterocycles. The Hall–Kier alpha value is -2.25. The number of carbonyl (C=O) groups excluding carboxylic acids is 3. The molecule has 2 N–H and O–H groups in total. The van der Waals surface area contributed by atoms with E-state index in [-0.39, 0.29) is 29.7 Å². The minimum atomic E-state index is -1.18. The molecule has 0 aromatic heterocycles. The molecule has 0 bridgehead atoms. The number of imide groups is 1. The van der Waals surface area contributed by atoms with Gasteiger partial charge in [-0.2, -0.15) is 0 Å². The molecule has 4 rings (SSSR count). The number of methoxy groups -OCH3 is 1. The van der Waals surface area contributed by atoms with Crippen LogP contribution in [0.3, 0.4) is 0 Å². The highest BCUT2D eigenvalue weighted by Crippen LogP contribution is 2.53. The van der Waals surface area contributed by atoms with Crippen LogP contribution in [0, 0.1) is 17.8 Å². The van der Waals surface area contributed by atoms with Gasteiger partial charge in [0.1, 0.15) is 5.54 Å². The lowest BCUT2D eigenvalue weighted by atomic mass is 9.76. The Morgan fingerprint density at radius 2 is 1.93 bits per heavy atom. The number of para-hydroxylation sites is 1. The summed E-state index contributed by atoms with van der Waals surface area (Å²) in [5, 5.41) is 6.32. The number of hydrogen-bond donors (Lipinski definition) is 2. The summed E-state index contributed by atoms with van der Waals surface area (Å²) in [4.78, 5) is 40.9. The molecule has 7 heteroatoms. The van der Waals surface area contributed by atoms with Crippen molar-refractivity contribution in [3.63, 3.8) is 0 Å². The predicted octanol–water partition coefficient (Wildman–Crippen LogP) is 1.10. The summed E-state index contributed by atoms with van der Waals surface area (Å²) in [5.41, 5.74) is 0.281. The summed E-state index contributed by atoms with van der Waals surface area (Å²) in [6.07, 6.45) is 0.586. The van der Waals surface area contributed by atoms with Crippen LogP contribution in [0.4, 0.5) is 5.69 Å². The first-order valence-corrected chi connectivity index (χ1v) is 9.46. The van der Waals surface area contributed by atoms with E-state index in [0.29, 0.717) is 25.3 Å². The number of anilines is 1. The lowest BCUT2D eigenvalue weighted by molar-refractivity contribution is -0.143. The fourth-order valence-electron chi connectivity index (χ4n) is 4.91. The molecule has 4 atom stereocenters. The zero-order valence-electron chi connectivity index (χ0n) is 15.8. The largest absolute Gasteiger partial charge is 0.385 e. The van der Waals surface area contributed by atoms with E-state index in [1.165, 1.54) is 4.90 Å². The summed E-state index contributed by atoms with van der Waals surface area (Å²) < 4.78 is 5.06. The summed E-state index contributed by atoms with van der Waals surface area (Å²) in [7, 11) is 1.59. The number of benzene rings is 1. The van der Waals surface area contributed by atoms with Gasteiger partial charge in [-0.3, -0.25) is 24.6 Å². The minimum absolute atomic E-state index is 0.105. The van der Waals surface area contributed by atoms with E-state index >= 15 is 0 Å². The van der Waals surface area contributed by atoms with Crippen molar-refractivity contribution < 1.29 is 19.1 Å². The van der Waals surface area contributed by atoms with Crippen LogP contribution >= 0.6 is 0 Å². The van der Waals surface area contributed by atoms with E-state index in [1.807, 2.05) is 38.1 Å². The van der Waals surface area contributed by atoms with E-state index in [9.17, 15) is 14.4 Å². The van der Waals surface area contributed by atoms with Gasteiger partial charge in [0.15, 0.2) is 0 Å². The van der Waals surface area contributed by atoms with Crippen molar-refractivity contribution in [3.8, 4) is 0 Å². The maximum atomic E-state index is 13.3. The summed E-state index contributed by atoms with van der Waals surface area (Å²) >= 11 is 0. The Balaban J connectivity index is 1.79. The molecule has 27 heavy (non-hydrogen) atoms.